The van der Waals surface area contributed by atoms with Gasteiger partial charge in [0, 0.05) is 19.6 Å². The van der Waals surface area contributed by atoms with Crippen LogP contribution < -0.4 is 4.74 Å². The van der Waals surface area contributed by atoms with Gasteiger partial charge in [0.1, 0.15) is 11.9 Å². The minimum absolute atomic E-state index is 0.0331. The molecule has 2 amide bonds. The molecule has 1 N–H and O–H groups in total. The van der Waals surface area contributed by atoms with Crippen molar-refractivity contribution in [2.24, 2.45) is 0 Å². The Morgan fingerprint density at radius 2 is 2.04 bits per heavy atom. The lowest BCUT2D eigenvalue weighted by Gasteiger charge is -2.35. The summed E-state index contributed by atoms with van der Waals surface area (Å²) in [4.78, 5) is 27.7. The number of aliphatic hydroxyl groups excluding tert-OH is 1. The van der Waals surface area contributed by atoms with Crippen LogP contribution in [0.15, 0.2) is 24.3 Å². The predicted molar refractivity (Wildman–Crippen MR) is 94.0 cm³/mol. The van der Waals surface area contributed by atoms with Gasteiger partial charge >= 0.3 is 0 Å². The quantitative estimate of drug-likeness (QED) is 0.792. The maximum Gasteiger partial charge on any atom is 0.251 e. The van der Waals surface area contributed by atoms with Crippen molar-refractivity contribution in [1.82, 2.24) is 9.80 Å². The van der Waals surface area contributed by atoms with Crippen LogP contribution in [0, 0.1) is 0 Å². The summed E-state index contributed by atoms with van der Waals surface area (Å²) in [5.74, 6) is 1.06. The Labute approximate surface area is 146 Å². The molecule has 0 aromatic heterocycles. The molecular weight excluding hydrogens is 328 g/mol. The van der Waals surface area contributed by atoms with Crippen molar-refractivity contribution in [2.45, 2.75) is 19.1 Å². The molecule has 7 heteroatoms. The number of hydrogen-bond donors (Lipinski definition) is 1. The Bertz CT molecular complexity index is 564. The molecule has 132 valence electrons. The van der Waals surface area contributed by atoms with Crippen LogP contribution in [0.1, 0.15) is 12.0 Å². The zero-order chi connectivity index (χ0) is 17.5. The van der Waals surface area contributed by atoms with E-state index in [0.29, 0.717) is 26.1 Å². The van der Waals surface area contributed by atoms with E-state index in [9.17, 15) is 14.7 Å². The fraction of sp³-hybridized carbons (Fsp3) is 0.529. The summed E-state index contributed by atoms with van der Waals surface area (Å²) in [7, 11) is 1.61. The van der Waals surface area contributed by atoms with Gasteiger partial charge < -0.3 is 19.6 Å². The van der Waals surface area contributed by atoms with Crippen molar-refractivity contribution in [1.29, 1.82) is 0 Å². The van der Waals surface area contributed by atoms with Gasteiger partial charge in [-0.2, -0.15) is 11.8 Å². The number of methoxy groups -OCH3 is 1. The molecule has 2 rings (SSSR count). The summed E-state index contributed by atoms with van der Waals surface area (Å²) in [6.45, 7) is 1.48. The highest BCUT2D eigenvalue weighted by atomic mass is 32.2. The Balaban J connectivity index is 1.87. The average molecular weight is 352 g/mol. The van der Waals surface area contributed by atoms with Crippen molar-refractivity contribution in [3.05, 3.63) is 29.8 Å². The number of carbonyl (C=O) groups is 2. The molecule has 0 spiro atoms. The smallest absolute Gasteiger partial charge is 0.251 e. The van der Waals surface area contributed by atoms with Gasteiger partial charge in [-0.15, -0.1) is 0 Å². The van der Waals surface area contributed by atoms with Crippen molar-refractivity contribution >= 4 is 23.6 Å². The maximum absolute atomic E-state index is 12.3. The molecule has 1 atom stereocenters. The number of ether oxygens (including phenoxy) is 1. The molecule has 1 fully saturated rings. The first-order valence-corrected chi connectivity index (χ1v) is 9.31. The fourth-order valence-electron chi connectivity index (χ4n) is 2.58. The topological polar surface area (TPSA) is 70.1 Å². The van der Waals surface area contributed by atoms with Crippen LogP contribution in [0.3, 0.4) is 0 Å². The van der Waals surface area contributed by atoms with E-state index in [1.165, 1.54) is 4.90 Å². The molecular formula is C17H24N2O4S. The summed E-state index contributed by atoms with van der Waals surface area (Å²) in [5.41, 5.74) is 1.02. The molecule has 6 nitrogen and oxygen atoms in total. The molecule has 1 saturated heterocycles. The molecule has 1 heterocycles. The second-order valence-corrected chi connectivity index (χ2v) is 6.71. The summed E-state index contributed by atoms with van der Waals surface area (Å²) in [5, 5.41) is 9.90. The van der Waals surface area contributed by atoms with Gasteiger partial charge in [0.05, 0.1) is 13.7 Å². The number of aliphatic hydroxyl groups is 1. The largest absolute Gasteiger partial charge is 0.497 e. The number of piperazine rings is 1. The van der Waals surface area contributed by atoms with Crippen molar-refractivity contribution < 1.29 is 19.4 Å². The lowest BCUT2D eigenvalue weighted by molar-refractivity contribution is -0.150. The highest BCUT2D eigenvalue weighted by Crippen LogP contribution is 2.15. The van der Waals surface area contributed by atoms with Crippen LogP contribution in [0.2, 0.25) is 0 Å². The number of nitrogens with zero attached hydrogens (tertiary/aromatic N) is 2. The number of benzene rings is 1. The first-order chi connectivity index (χ1) is 11.5. The number of rotatable bonds is 7. The molecule has 1 aromatic rings. The van der Waals surface area contributed by atoms with E-state index >= 15 is 0 Å². The Morgan fingerprint density at radius 3 is 2.62 bits per heavy atom. The highest BCUT2D eigenvalue weighted by molar-refractivity contribution is 7.98. The van der Waals surface area contributed by atoms with Gasteiger partial charge in [0.2, 0.25) is 5.91 Å². The van der Waals surface area contributed by atoms with Gasteiger partial charge in [0.25, 0.3) is 5.91 Å². The zero-order valence-electron chi connectivity index (χ0n) is 14.1. The van der Waals surface area contributed by atoms with Gasteiger partial charge in [-0.05, 0) is 36.1 Å². The van der Waals surface area contributed by atoms with Gasteiger partial charge in [-0.1, -0.05) is 12.1 Å². The van der Waals surface area contributed by atoms with E-state index in [0.717, 1.165) is 17.1 Å². The van der Waals surface area contributed by atoms with Crippen LogP contribution in [0.5, 0.6) is 5.75 Å². The molecule has 0 unspecified atom stereocenters. The first-order valence-electron chi connectivity index (χ1n) is 7.91. The summed E-state index contributed by atoms with van der Waals surface area (Å²) in [6, 6.07) is 7.58. The van der Waals surface area contributed by atoms with Crippen LogP contribution in [0.25, 0.3) is 0 Å². The Kier molecular flexibility index (Phi) is 6.93. The van der Waals surface area contributed by atoms with Crippen LogP contribution in [-0.2, 0) is 16.1 Å². The van der Waals surface area contributed by atoms with E-state index in [1.807, 2.05) is 30.5 Å². The van der Waals surface area contributed by atoms with Gasteiger partial charge in [0.15, 0.2) is 0 Å². The van der Waals surface area contributed by atoms with E-state index in [2.05, 4.69) is 0 Å². The first kappa shape index (κ1) is 18.6. The fourth-order valence-corrected chi connectivity index (χ4v) is 3.04. The molecule has 1 aliphatic rings. The molecule has 1 aromatic carbocycles. The lowest BCUT2D eigenvalue weighted by atomic mass is 10.1. The number of hydrogen-bond acceptors (Lipinski definition) is 5. The normalized spacial score (nSPS) is 16.2. The molecule has 24 heavy (non-hydrogen) atoms. The Morgan fingerprint density at radius 1 is 1.33 bits per heavy atom. The monoisotopic (exact) mass is 352 g/mol. The maximum atomic E-state index is 12.3. The minimum Gasteiger partial charge on any atom is -0.497 e. The molecule has 1 aliphatic heterocycles. The van der Waals surface area contributed by atoms with Gasteiger partial charge in [-0.3, -0.25) is 9.59 Å². The zero-order valence-corrected chi connectivity index (χ0v) is 14.9. The van der Waals surface area contributed by atoms with Crippen LogP contribution in [0.4, 0.5) is 0 Å². The summed E-state index contributed by atoms with van der Waals surface area (Å²) < 4.78 is 5.12. The summed E-state index contributed by atoms with van der Waals surface area (Å²) >= 11 is 1.58. The molecule has 0 saturated carbocycles. The Hall–Kier alpha value is -1.73. The summed E-state index contributed by atoms with van der Waals surface area (Å²) in [6.07, 6.45) is 1.33. The van der Waals surface area contributed by atoms with Crippen molar-refractivity contribution in [3.8, 4) is 5.75 Å². The number of carbonyl (C=O) groups excluding carboxylic acids is 2. The van der Waals surface area contributed by atoms with E-state index in [4.69, 9.17) is 4.74 Å². The third-order valence-electron chi connectivity index (χ3n) is 4.04. The lowest BCUT2D eigenvalue weighted by Crippen LogP contribution is -2.54. The van der Waals surface area contributed by atoms with Crippen molar-refractivity contribution in [2.75, 3.05) is 38.8 Å². The highest BCUT2D eigenvalue weighted by Gasteiger charge is 2.30. The van der Waals surface area contributed by atoms with E-state index in [-0.39, 0.29) is 18.4 Å². The van der Waals surface area contributed by atoms with Crippen molar-refractivity contribution in [3.63, 3.8) is 0 Å². The molecule has 0 bridgehead atoms. The minimum atomic E-state index is -1.02. The number of thioether (sulfide) groups is 1. The van der Waals surface area contributed by atoms with E-state index in [1.54, 1.807) is 23.8 Å². The third-order valence-corrected chi connectivity index (χ3v) is 4.69. The third kappa shape index (κ3) is 4.88. The number of amides is 2. The second-order valence-electron chi connectivity index (χ2n) is 5.72. The van der Waals surface area contributed by atoms with E-state index < -0.39 is 6.10 Å². The standard InChI is InChI=1S/C17H24N2O4S/c1-23-14-5-3-13(4-6-14)11-18-8-9-19(12-16(18)21)17(22)15(20)7-10-24-2/h3-6,15,20H,7-12H2,1-2H3/t15-/m1/s1. The van der Waals surface area contributed by atoms with Crippen LogP contribution >= 0.6 is 11.8 Å². The van der Waals surface area contributed by atoms with Gasteiger partial charge in [-0.25, -0.2) is 0 Å². The second kappa shape index (κ2) is 8.94. The molecule has 0 aliphatic carbocycles. The average Bonchev–Trinajstić information content (AvgIpc) is 2.61. The SMILES string of the molecule is COc1ccc(CN2CCN(C(=O)[C@H](O)CCSC)CC2=O)cc1. The molecule has 0 radical (unpaired) electrons. The van der Waals surface area contributed by atoms with Crippen LogP contribution in [-0.4, -0.2) is 71.6 Å². The predicted octanol–water partition coefficient (Wildman–Crippen LogP) is 0.980.